The Kier molecular flexibility index (Phi) is 3.20. The van der Waals surface area contributed by atoms with Gasteiger partial charge in [0.15, 0.2) is 0 Å². The second-order valence-corrected chi connectivity index (χ2v) is 5.41. The highest BCUT2D eigenvalue weighted by Crippen LogP contribution is 2.22. The Hall–Kier alpha value is -0.570. The van der Waals surface area contributed by atoms with E-state index in [9.17, 15) is 4.79 Å². The van der Waals surface area contributed by atoms with Gasteiger partial charge in [-0.15, -0.1) is 0 Å². The van der Waals surface area contributed by atoms with Crippen LogP contribution in [0.5, 0.6) is 0 Å². The summed E-state index contributed by atoms with van der Waals surface area (Å²) in [5.41, 5.74) is -0.371. The summed E-state index contributed by atoms with van der Waals surface area (Å²) in [5, 5.41) is 3.15. The van der Waals surface area contributed by atoms with Gasteiger partial charge in [0.2, 0.25) is 0 Å². The minimum absolute atomic E-state index is 0.0587. The Morgan fingerprint density at radius 3 is 2.43 bits per heavy atom. The molecular weight excluding hydrogens is 178 g/mol. The minimum atomic E-state index is -0.371. The monoisotopic (exact) mass is 199 g/mol. The van der Waals surface area contributed by atoms with Crippen molar-refractivity contribution in [3.8, 4) is 0 Å². The molecule has 3 heteroatoms. The first-order valence-corrected chi connectivity index (χ1v) is 5.28. The van der Waals surface area contributed by atoms with E-state index in [0.29, 0.717) is 12.0 Å². The summed E-state index contributed by atoms with van der Waals surface area (Å²) in [6.07, 6.45) is 1.05. The molecule has 1 aliphatic heterocycles. The van der Waals surface area contributed by atoms with E-state index in [2.05, 4.69) is 19.2 Å². The first kappa shape index (κ1) is 11.5. The predicted octanol–water partition coefficient (Wildman–Crippen LogP) is 1.71. The minimum Gasteiger partial charge on any atom is -0.459 e. The Balaban J connectivity index is 2.29. The van der Waals surface area contributed by atoms with Crippen LogP contribution in [0.3, 0.4) is 0 Å². The summed E-state index contributed by atoms with van der Waals surface area (Å²) in [7, 11) is 0. The van der Waals surface area contributed by atoms with Gasteiger partial charge in [0, 0.05) is 6.04 Å². The fourth-order valence-corrected chi connectivity index (χ4v) is 1.48. The third-order valence-electron chi connectivity index (χ3n) is 2.07. The molecule has 0 bridgehead atoms. The Labute approximate surface area is 86.2 Å². The number of nitrogens with one attached hydrogen (secondary N) is 1. The van der Waals surface area contributed by atoms with Crippen molar-refractivity contribution in [1.82, 2.24) is 5.32 Å². The molecule has 1 heterocycles. The lowest BCUT2D eigenvalue weighted by Crippen LogP contribution is -2.28. The summed E-state index contributed by atoms with van der Waals surface area (Å²) in [4.78, 5) is 11.5. The van der Waals surface area contributed by atoms with Gasteiger partial charge in [0.1, 0.15) is 11.6 Å². The number of rotatable bonds is 3. The van der Waals surface area contributed by atoms with Crippen molar-refractivity contribution in [3.63, 3.8) is 0 Å². The molecular formula is C11H21NO2. The summed E-state index contributed by atoms with van der Waals surface area (Å²) < 4.78 is 5.27. The molecule has 0 aromatic carbocycles. The van der Waals surface area contributed by atoms with E-state index in [1.165, 1.54) is 0 Å². The second kappa shape index (κ2) is 3.89. The SMILES string of the molecule is CC(C)CC1NC1C(=O)OC(C)(C)C. The maximum Gasteiger partial charge on any atom is 0.325 e. The fourth-order valence-electron chi connectivity index (χ4n) is 1.48. The van der Waals surface area contributed by atoms with Gasteiger partial charge >= 0.3 is 5.97 Å². The quantitative estimate of drug-likeness (QED) is 0.556. The average molecular weight is 199 g/mol. The molecule has 1 N–H and O–H groups in total. The van der Waals surface area contributed by atoms with Gasteiger partial charge in [-0.05, 0) is 33.1 Å². The van der Waals surface area contributed by atoms with Gasteiger partial charge in [-0.2, -0.15) is 0 Å². The van der Waals surface area contributed by atoms with Crippen LogP contribution in [0.1, 0.15) is 41.0 Å². The maximum absolute atomic E-state index is 11.5. The van der Waals surface area contributed by atoms with E-state index < -0.39 is 0 Å². The second-order valence-electron chi connectivity index (χ2n) is 5.41. The van der Waals surface area contributed by atoms with Crippen molar-refractivity contribution in [3.05, 3.63) is 0 Å². The summed E-state index contributed by atoms with van der Waals surface area (Å²) in [6, 6.07) is 0.279. The topological polar surface area (TPSA) is 48.2 Å². The van der Waals surface area contributed by atoms with Gasteiger partial charge in [0.05, 0.1) is 0 Å². The summed E-state index contributed by atoms with van der Waals surface area (Å²) in [6.45, 7) is 10.00. The molecule has 3 nitrogen and oxygen atoms in total. The van der Waals surface area contributed by atoms with Gasteiger partial charge in [-0.1, -0.05) is 13.8 Å². The van der Waals surface area contributed by atoms with E-state index in [4.69, 9.17) is 4.74 Å². The number of hydrogen-bond donors (Lipinski definition) is 1. The van der Waals surface area contributed by atoms with Crippen molar-refractivity contribution in [2.45, 2.75) is 58.7 Å². The molecule has 0 aromatic rings. The molecule has 0 aliphatic carbocycles. The molecule has 0 radical (unpaired) electrons. The van der Waals surface area contributed by atoms with E-state index in [1.54, 1.807) is 0 Å². The highest BCUT2D eigenvalue weighted by Gasteiger charge is 2.44. The van der Waals surface area contributed by atoms with E-state index in [1.807, 2.05) is 20.8 Å². The molecule has 0 amide bonds. The van der Waals surface area contributed by atoms with Gasteiger partial charge in [-0.25, -0.2) is 0 Å². The maximum atomic E-state index is 11.5. The van der Waals surface area contributed by atoms with Crippen LogP contribution < -0.4 is 5.32 Å². The first-order chi connectivity index (χ1) is 6.29. The normalized spacial score (nSPS) is 26.4. The molecule has 1 aliphatic rings. The lowest BCUT2D eigenvalue weighted by molar-refractivity contribution is -0.154. The van der Waals surface area contributed by atoms with Crippen molar-refractivity contribution >= 4 is 5.97 Å². The zero-order chi connectivity index (χ0) is 10.9. The summed E-state index contributed by atoms with van der Waals surface area (Å²) >= 11 is 0. The predicted molar refractivity (Wildman–Crippen MR) is 56.0 cm³/mol. The van der Waals surface area contributed by atoms with Crippen molar-refractivity contribution in [2.75, 3.05) is 0 Å². The van der Waals surface area contributed by atoms with E-state index in [0.717, 1.165) is 6.42 Å². The average Bonchev–Trinajstić information content (AvgIpc) is 2.61. The number of hydrogen-bond acceptors (Lipinski definition) is 3. The number of ether oxygens (including phenoxy) is 1. The van der Waals surface area contributed by atoms with Crippen LogP contribution in [0.2, 0.25) is 0 Å². The largest absolute Gasteiger partial charge is 0.459 e. The molecule has 2 unspecified atom stereocenters. The van der Waals surface area contributed by atoms with E-state index in [-0.39, 0.29) is 17.6 Å². The van der Waals surface area contributed by atoms with Crippen molar-refractivity contribution in [1.29, 1.82) is 0 Å². The Morgan fingerprint density at radius 1 is 1.43 bits per heavy atom. The van der Waals surface area contributed by atoms with Crippen molar-refractivity contribution < 1.29 is 9.53 Å². The molecule has 0 aromatic heterocycles. The molecule has 1 rings (SSSR count). The fraction of sp³-hybridized carbons (Fsp3) is 0.909. The molecule has 0 spiro atoms. The van der Waals surface area contributed by atoms with Crippen LogP contribution in [-0.2, 0) is 9.53 Å². The standard InChI is InChI=1S/C11H21NO2/c1-7(2)6-8-9(12-8)10(13)14-11(3,4)5/h7-9,12H,6H2,1-5H3. The highest BCUT2D eigenvalue weighted by atomic mass is 16.6. The Morgan fingerprint density at radius 2 is 2.00 bits per heavy atom. The molecule has 2 atom stereocenters. The van der Waals surface area contributed by atoms with Crippen LogP contribution >= 0.6 is 0 Å². The van der Waals surface area contributed by atoms with Gasteiger partial charge in [0.25, 0.3) is 0 Å². The van der Waals surface area contributed by atoms with Crippen molar-refractivity contribution in [2.24, 2.45) is 5.92 Å². The Bertz CT molecular complexity index is 218. The molecule has 14 heavy (non-hydrogen) atoms. The third kappa shape index (κ3) is 3.66. The molecule has 82 valence electrons. The van der Waals surface area contributed by atoms with Crippen LogP contribution in [0.15, 0.2) is 0 Å². The highest BCUT2D eigenvalue weighted by molar-refractivity contribution is 5.80. The van der Waals surface area contributed by atoms with Gasteiger partial charge < -0.3 is 4.74 Å². The molecule has 0 saturated carbocycles. The zero-order valence-electron chi connectivity index (χ0n) is 9.76. The lowest BCUT2D eigenvalue weighted by atomic mass is 10.1. The smallest absolute Gasteiger partial charge is 0.325 e. The number of esters is 1. The van der Waals surface area contributed by atoms with Crippen LogP contribution in [0.25, 0.3) is 0 Å². The third-order valence-corrected chi connectivity index (χ3v) is 2.07. The van der Waals surface area contributed by atoms with Crippen LogP contribution in [0, 0.1) is 5.92 Å². The number of carbonyl (C=O) groups excluding carboxylic acids is 1. The summed E-state index contributed by atoms with van der Waals surface area (Å²) in [5.74, 6) is 0.517. The first-order valence-electron chi connectivity index (χ1n) is 5.28. The zero-order valence-corrected chi connectivity index (χ0v) is 9.76. The van der Waals surface area contributed by atoms with Gasteiger partial charge in [-0.3, -0.25) is 10.1 Å². The lowest BCUT2D eigenvalue weighted by Gasteiger charge is -2.19. The number of carbonyl (C=O) groups is 1. The molecule has 1 fully saturated rings. The van der Waals surface area contributed by atoms with Crippen LogP contribution in [-0.4, -0.2) is 23.7 Å². The van der Waals surface area contributed by atoms with E-state index >= 15 is 0 Å². The van der Waals surface area contributed by atoms with Crippen LogP contribution in [0.4, 0.5) is 0 Å². The molecule has 1 saturated heterocycles.